The Balaban J connectivity index is 0.000000182. The third-order valence-electron chi connectivity index (χ3n) is 9.22. The molecule has 6 N–H and O–H groups in total. The third-order valence-corrected chi connectivity index (χ3v) is 9.22. The van der Waals surface area contributed by atoms with Crippen molar-refractivity contribution in [1.29, 1.82) is 0 Å². The summed E-state index contributed by atoms with van der Waals surface area (Å²) in [6, 6.07) is 21.7. The molecule has 0 atom stereocenters. The van der Waals surface area contributed by atoms with Crippen molar-refractivity contribution in [2.75, 3.05) is 6.54 Å². The second kappa shape index (κ2) is 22.6. The Labute approximate surface area is 372 Å². The van der Waals surface area contributed by atoms with E-state index in [1.165, 1.54) is 56.9 Å². The van der Waals surface area contributed by atoms with Gasteiger partial charge in [-0.2, -0.15) is 15.3 Å². The van der Waals surface area contributed by atoms with Gasteiger partial charge in [0.25, 0.3) is 11.8 Å². The molecule has 0 fully saturated rings. The first-order valence-electron chi connectivity index (χ1n) is 19.8. The van der Waals surface area contributed by atoms with E-state index in [2.05, 4.69) is 53.0 Å². The summed E-state index contributed by atoms with van der Waals surface area (Å²) in [5, 5.41) is 38.3. The molecule has 0 saturated heterocycles. The molecule has 340 valence electrons. The maximum atomic E-state index is 12.9. The molecule has 2 aromatic carbocycles. The predicted octanol–water partition coefficient (Wildman–Crippen LogP) is 3.11. The first kappa shape index (κ1) is 48.4. The number of carbonyl (C=O) groups excluding carboxylic acids is 2. The normalized spacial score (nSPS) is 10.8. The highest BCUT2D eigenvalue weighted by molar-refractivity contribution is 5.95. The van der Waals surface area contributed by atoms with E-state index in [9.17, 15) is 38.0 Å². The molecule has 22 heteroatoms. The van der Waals surface area contributed by atoms with Crippen molar-refractivity contribution in [1.82, 2.24) is 54.9 Å². The van der Waals surface area contributed by atoms with Crippen LogP contribution >= 0.6 is 0 Å². The lowest BCUT2D eigenvalue weighted by Crippen LogP contribution is -2.32. The standard InChI is InChI=1S/C16H14FN5O2.C16H13FN4O2.C9H7N3O3.C3H9N/c1-22-12-3-2-8-18-13(12)14(21-24)15(20-22)16(23)19-9-10-4-6-11(17)7-5-10;1-21-12-3-2-8-18-13(12)15(22)14(20-21)16(23)19-9-10-4-6-11(17)7-5-10;1-12-5-3-2-4-10-6(5)8(13)7(11-12)9(14)15;1-2-3-4/h2-8,24H,9H2,1H3,(H,19,23);2-8H,9H2,1H3,(H,19,23);2-4H,1H3,(H,14,15);2-4H2,1H3. The second-order valence-electron chi connectivity index (χ2n) is 13.8. The van der Waals surface area contributed by atoms with E-state index < -0.39 is 34.3 Å². The topological polar surface area (TPSA) is 280 Å². The van der Waals surface area contributed by atoms with E-state index in [1.54, 1.807) is 81.8 Å². The zero-order chi connectivity index (χ0) is 47.9. The van der Waals surface area contributed by atoms with E-state index in [4.69, 9.17) is 10.8 Å². The number of benzene rings is 2. The molecule has 0 saturated carbocycles. The van der Waals surface area contributed by atoms with Gasteiger partial charge in [-0.3, -0.25) is 48.2 Å². The number of hydrogen-bond donors (Lipinski definition) is 5. The van der Waals surface area contributed by atoms with Crippen LogP contribution < -0.4 is 32.6 Å². The SMILES string of the molecule is CCCN.Cn1nc(C(=O)NCc2ccc(F)cc2)c(=NO)c2ncccc21.Cn1nc(C(=O)NCc2ccc(F)cc2)c(=O)c2ncccc21.Cn1nc(C(=O)O)c(=O)c2ncccc21. The molecule has 0 unspecified atom stereocenters. The van der Waals surface area contributed by atoms with Gasteiger partial charge in [0.05, 0.1) is 16.6 Å². The highest BCUT2D eigenvalue weighted by Crippen LogP contribution is 2.09. The van der Waals surface area contributed by atoms with E-state index in [1.807, 2.05) is 0 Å². The van der Waals surface area contributed by atoms with Crippen molar-refractivity contribution in [2.24, 2.45) is 32.0 Å². The van der Waals surface area contributed by atoms with E-state index in [0.29, 0.717) is 22.1 Å². The average Bonchev–Trinajstić information content (AvgIpc) is 3.33. The van der Waals surface area contributed by atoms with Crippen molar-refractivity contribution in [3.63, 3.8) is 0 Å². The number of aromatic nitrogens is 9. The number of halogens is 2. The van der Waals surface area contributed by atoms with Gasteiger partial charge in [0.15, 0.2) is 16.7 Å². The van der Waals surface area contributed by atoms with Crippen molar-refractivity contribution in [2.45, 2.75) is 26.4 Å². The number of aromatic carboxylic acids is 1. The number of aryl methyl sites for hydroxylation is 3. The Morgan fingerprint density at radius 3 is 1.39 bits per heavy atom. The second-order valence-corrected chi connectivity index (χ2v) is 13.8. The van der Waals surface area contributed by atoms with Crippen LogP contribution in [-0.2, 0) is 34.2 Å². The molecule has 6 aromatic heterocycles. The van der Waals surface area contributed by atoms with Gasteiger partial charge >= 0.3 is 5.97 Å². The van der Waals surface area contributed by atoms with Crippen LogP contribution in [0.3, 0.4) is 0 Å². The summed E-state index contributed by atoms with van der Waals surface area (Å²) in [7, 11) is 4.87. The number of fused-ring (bicyclic) bond motifs is 3. The maximum Gasteiger partial charge on any atom is 0.360 e. The molecule has 0 spiro atoms. The van der Waals surface area contributed by atoms with Crippen molar-refractivity contribution < 1.29 is 33.5 Å². The van der Waals surface area contributed by atoms with Gasteiger partial charge < -0.3 is 26.7 Å². The van der Waals surface area contributed by atoms with Gasteiger partial charge in [-0.25, -0.2) is 13.6 Å². The highest BCUT2D eigenvalue weighted by atomic mass is 19.1. The first-order valence-corrected chi connectivity index (χ1v) is 19.8. The van der Waals surface area contributed by atoms with Crippen LogP contribution in [0, 0.1) is 11.6 Å². The first-order chi connectivity index (χ1) is 31.7. The summed E-state index contributed by atoms with van der Waals surface area (Å²) < 4.78 is 30.0. The van der Waals surface area contributed by atoms with Crippen LogP contribution in [0.1, 0.15) is 55.9 Å². The Bertz CT molecular complexity index is 3210. The maximum absolute atomic E-state index is 12.9. The summed E-state index contributed by atoms with van der Waals surface area (Å²) in [5.74, 6) is -3.15. The van der Waals surface area contributed by atoms with Gasteiger partial charge in [0.2, 0.25) is 16.6 Å². The summed E-state index contributed by atoms with van der Waals surface area (Å²) in [6.45, 7) is 3.24. The monoisotopic (exact) mass is 903 g/mol. The number of pyridine rings is 3. The predicted molar refractivity (Wildman–Crippen MR) is 237 cm³/mol. The minimum Gasteiger partial charge on any atom is -0.476 e. The lowest BCUT2D eigenvalue weighted by atomic mass is 10.2. The van der Waals surface area contributed by atoms with Gasteiger partial charge in [-0.05, 0) is 84.8 Å². The average molecular weight is 904 g/mol. The lowest BCUT2D eigenvalue weighted by molar-refractivity contribution is 0.0686. The molecule has 0 aliphatic rings. The third kappa shape index (κ3) is 11.9. The number of hydrogen-bond acceptors (Lipinski definition) is 14. The number of amides is 2. The zero-order valence-corrected chi connectivity index (χ0v) is 35.9. The molecular formula is C44H43F2N13O7. The molecule has 0 bridgehead atoms. The van der Waals surface area contributed by atoms with Gasteiger partial charge in [0, 0.05) is 52.8 Å². The summed E-state index contributed by atoms with van der Waals surface area (Å²) in [6.07, 6.45) is 5.57. The molecule has 8 aromatic rings. The minimum atomic E-state index is -1.34. The molecule has 0 aliphatic heterocycles. The van der Waals surface area contributed by atoms with Crippen LogP contribution in [0.25, 0.3) is 33.1 Å². The zero-order valence-electron chi connectivity index (χ0n) is 35.9. The van der Waals surface area contributed by atoms with Gasteiger partial charge in [-0.1, -0.05) is 36.3 Å². The summed E-state index contributed by atoms with van der Waals surface area (Å²) in [5.41, 5.74) is 6.88. The number of nitrogens with two attached hydrogens (primary N) is 1. The van der Waals surface area contributed by atoms with E-state index >= 15 is 0 Å². The van der Waals surface area contributed by atoms with Gasteiger partial charge in [0.1, 0.15) is 28.2 Å². The summed E-state index contributed by atoms with van der Waals surface area (Å²) in [4.78, 5) is 71.3. The van der Waals surface area contributed by atoms with Gasteiger partial charge in [-0.15, -0.1) is 0 Å². The molecule has 6 heterocycles. The smallest absolute Gasteiger partial charge is 0.360 e. The quantitative estimate of drug-likeness (QED) is 0.108. The Kier molecular flexibility index (Phi) is 16.6. The van der Waals surface area contributed by atoms with Crippen molar-refractivity contribution in [3.8, 4) is 0 Å². The van der Waals surface area contributed by atoms with Crippen LogP contribution in [0.2, 0.25) is 0 Å². The molecule has 2 amide bonds. The number of carbonyl (C=O) groups is 3. The number of nitrogens with one attached hydrogen (secondary N) is 2. The number of carboxylic acid groups (broad SMARTS) is 1. The lowest BCUT2D eigenvalue weighted by Gasteiger charge is -2.09. The molecule has 8 rings (SSSR count). The Hall–Kier alpha value is -8.66. The highest BCUT2D eigenvalue weighted by Gasteiger charge is 2.19. The fourth-order valence-corrected chi connectivity index (χ4v) is 5.87. The van der Waals surface area contributed by atoms with E-state index in [-0.39, 0.29) is 52.5 Å². The molecular weight excluding hydrogens is 861 g/mol. The van der Waals surface area contributed by atoms with Crippen LogP contribution in [0.15, 0.2) is 118 Å². The van der Waals surface area contributed by atoms with Crippen molar-refractivity contribution >= 4 is 50.9 Å². The molecule has 20 nitrogen and oxygen atoms in total. The fraction of sp³-hybridized carbons (Fsp3) is 0.182. The van der Waals surface area contributed by atoms with Crippen LogP contribution in [0.4, 0.5) is 8.78 Å². The molecule has 0 radical (unpaired) electrons. The molecule has 66 heavy (non-hydrogen) atoms. The number of nitrogens with zero attached hydrogens (tertiary/aromatic N) is 10. The van der Waals surface area contributed by atoms with Crippen LogP contribution in [0.5, 0.6) is 0 Å². The fourth-order valence-electron chi connectivity index (χ4n) is 5.87. The summed E-state index contributed by atoms with van der Waals surface area (Å²) >= 11 is 0. The van der Waals surface area contributed by atoms with E-state index in [0.717, 1.165) is 24.1 Å². The largest absolute Gasteiger partial charge is 0.476 e. The van der Waals surface area contributed by atoms with Crippen LogP contribution in [-0.4, -0.2) is 78.9 Å². The number of rotatable bonds is 8. The Morgan fingerprint density at radius 2 is 0.985 bits per heavy atom. The van der Waals surface area contributed by atoms with Crippen molar-refractivity contribution in [3.05, 3.63) is 169 Å². The molecule has 0 aliphatic carbocycles. The minimum absolute atomic E-state index is 0.000283. The number of carboxylic acids is 1. The Morgan fingerprint density at radius 1 is 0.621 bits per heavy atom.